The molecule has 21 heavy (non-hydrogen) atoms. The Balaban J connectivity index is 2.05. The summed E-state index contributed by atoms with van der Waals surface area (Å²) in [4.78, 5) is 11.9. The topological polar surface area (TPSA) is 72.9 Å². The second-order valence-electron chi connectivity index (χ2n) is 4.36. The van der Waals surface area contributed by atoms with Crippen LogP contribution in [0.2, 0.25) is 0 Å². The standard InChI is InChI=1S/C15H15FN4O/c1-20-8-6-12(19-20)10-18-15(21)13-5-4-11(3-2-7-17)9-14(13)16/h4-6,8-9H,7,10,17H2,1H3,(H,18,21). The lowest BCUT2D eigenvalue weighted by Crippen LogP contribution is -2.24. The molecule has 0 fully saturated rings. The fourth-order valence-electron chi connectivity index (χ4n) is 1.75. The van der Waals surface area contributed by atoms with Crippen LogP contribution in [-0.4, -0.2) is 22.2 Å². The van der Waals surface area contributed by atoms with E-state index in [0.29, 0.717) is 11.3 Å². The van der Waals surface area contributed by atoms with Crippen molar-refractivity contribution < 1.29 is 9.18 Å². The number of hydrogen-bond acceptors (Lipinski definition) is 3. The lowest BCUT2D eigenvalue weighted by Gasteiger charge is -2.05. The molecule has 0 radical (unpaired) electrons. The first-order valence-corrected chi connectivity index (χ1v) is 6.35. The monoisotopic (exact) mass is 286 g/mol. The Labute approximate surface area is 122 Å². The molecule has 5 nitrogen and oxygen atoms in total. The second kappa shape index (κ2) is 6.68. The highest BCUT2D eigenvalue weighted by Gasteiger charge is 2.12. The van der Waals surface area contributed by atoms with Gasteiger partial charge in [0.1, 0.15) is 5.82 Å². The minimum atomic E-state index is -0.614. The van der Waals surface area contributed by atoms with E-state index in [1.807, 2.05) is 0 Å². The molecule has 0 bridgehead atoms. The Hall–Kier alpha value is -2.65. The zero-order chi connectivity index (χ0) is 15.2. The Morgan fingerprint density at radius 3 is 2.90 bits per heavy atom. The van der Waals surface area contributed by atoms with E-state index in [1.165, 1.54) is 12.1 Å². The van der Waals surface area contributed by atoms with E-state index in [2.05, 4.69) is 22.3 Å². The average Bonchev–Trinajstić information content (AvgIpc) is 2.88. The highest BCUT2D eigenvalue weighted by Crippen LogP contribution is 2.10. The van der Waals surface area contributed by atoms with Crippen LogP contribution in [0.4, 0.5) is 4.39 Å². The molecule has 0 spiro atoms. The van der Waals surface area contributed by atoms with Gasteiger partial charge in [0.05, 0.1) is 24.3 Å². The first-order valence-electron chi connectivity index (χ1n) is 6.35. The van der Waals surface area contributed by atoms with Crippen molar-refractivity contribution in [2.75, 3.05) is 6.54 Å². The number of halogens is 1. The number of nitrogens with two attached hydrogens (primary N) is 1. The van der Waals surface area contributed by atoms with Gasteiger partial charge < -0.3 is 11.1 Å². The van der Waals surface area contributed by atoms with Gasteiger partial charge in [-0.25, -0.2) is 4.39 Å². The van der Waals surface area contributed by atoms with Gasteiger partial charge in [-0.3, -0.25) is 9.48 Å². The molecule has 2 rings (SSSR count). The smallest absolute Gasteiger partial charge is 0.254 e. The molecule has 3 N–H and O–H groups in total. The van der Waals surface area contributed by atoms with Crippen molar-refractivity contribution in [2.45, 2.75) is 6.54 Å². The van der Waals surface area contributed by atoms with Crippen LogP contribution in [-0.2, 0) is 13.6 Å². The van der Waals surface area contributed by atoms with Gasteiger partial charge >= 0.3 is 0 Å². The molecule has 1 amide bonds. The number of rotatable bonds is 3. The van der Waals surface area contributed by atoms with Crippen LogP contribution in [0.1, 0.15) is 21.6 Å². The Morgan fingerprint density at radius 1 is 1.48 bits per heavy atom. The van der Waals surface area contributed by atoms with Gasteiger partial charge in [-0.2, -0.15) is 5.10 Å². The zero-order valence-corrected chi connectivity index (χ0v) is 11.6. The SMILES string of the molecule is Cn1ccc(CNC(=O)c2ccc(C#CCN)cc2F)n1. The number of benzene rings is 1. The van der Waals surface area contributed by atoms with E-state index in [-0.39, 0.29) is 18.7 Å². The van der Waals surface area contributed by atoms with Crippen molar-refractivity contribution in [3.63, 3.8) is 0 Å². The summed E-state index contributed by atoms with van der Waals surface area (Å²) in [6.45, 7) is 0.446. The maximum atomic E-state index is 13.9. The van der Waals surface area contributed by atoms with Gasteiger partial charge in [-0.1, -0.05) is 11.8 Å². The molecule has 0 unspecified atom stereocenters. The lowest BCUT2D eigenvalue weighted by atomic mass is 10.1. The minimum Gasteiger partial charge on any atom is -0.346 e. The highest BCUT2D eigenvalue weighted by atomic mass is 19.1. The molecule has 1 aromatic heterocycles. The summed E-state index contributed by atoms with van der Waals surface area (Å²) in [6, 6.07) is 5.99. The molecule has 0 saturated carbocycles. The van der Waals surface area contributed by atoms with Gasteiger partial charge in [0.2, 0.25) is 0 Å². The molecular formula is C15H15FN4O. The molecule has 0 aliphatic rings. The summed E-state index contributed by atoms with van der Waals surface area (Å²) in [5.41, 5.74) is 6.42. The third-order valence-corrected chi connectivity index (χ3v) is 2.75. The Morgan fingerprint density at radius 2 is 2.29 bits per heavy atom. The molecule has 0 aliphatic carbocycles. The van der Waals surface area contributed by atoms with Crippen molar-refractivity contribution >= 4 is 5.91 Å². The van der Waals surface area contributed by atoms with E-state index >= 15 is 0 Å². The molecule has 1 aromatic carbocycles. The van der Waals surface area contributed by atoms with Crippen LogP contribution in [0.3, 0.4) is 0 Å². The van der Waals surface area contributed by atoms with E-state index in [1.54, 1.807) is 30.1 Å². The van der Waals surface area contributed by atoms with Crippen LogP contribution in [0.5, 0.6) is 0 Å². The van der Waals surface area contributed by atoms with Crippen LogP contribution < -0.4 is 11.1 Å². The van der Waals surface area contributed by atoms with Gasteiger partial charge in [0, 0.05) is 18.8 Å². The molecule has 6 heteroatoms. The van der Waals surface area contributed by atoms with Crippen LogP contribution >= 0.6 is 0 Å². The summed E-state index contributed by atoms with van der Waals surface area (Å²) < 4.78 is 15.5. The third-order valence-electron chi connectivity index (χ3n) is 2.75. The number of hydrogen-bond donors (Lipinski definition) is 2. The predicted molar refractivity (Wildman–Crippen MR) is 76.7 cm³/mol. The van der Waals surface area contributed by atoms with Crippen LogP contribution in [0.15, 0.2) is 30.5 Å². The number of carbonyl (C=O) groups is 1. The molecule has 0 atom stereocenters. The van der Waals surface area contributed by atoms with Crippen LogP contribution in [0.25, 0.3) is 0 Å². The van der Waals surface area contributed by atoms with Gasteiger partial charge in [-0.05, 0) is 24.3 Å². The van der Waals surface area contributed by atoms with E-state index < -0.39 is 11.7 Å². The first kappa shape index (κ1) is 14.8. The van der Waals surface area contributed by atoms with Crippen LogP contribution in [0, 0.1) is 17.7 Å². The molecule has 0 saturated heterocycles. The molecular weight excluding hydrogens is 271 g/mol. The first-order chi connectivity index (χ1) is 10.1. The summed E-state index contributed by atoms with van der Waals surface area (Å²) in [6.07, 6.45) is 1.77. The summed E-state index contributed by atoms with van der Waals surface area (Å²) in [5, 5.41) is 6.75. The summed E-state index contributed by atoms with van der Waals surface area (Å²) >= 11 is 0. The van der Waals surface area contributed by atoms with E-state index in [4.69, 9.17) is 5.73 Å². The number of nitrogens with one attached hydrogen (secondary N) is 1. The fourth-order valence-corrected chi connectivity index (χ4v) is 1.75. The van der Waals surface area contributed by atoms with Crippen molar-refractivity contribution in [1.29, 1.82) is 0 Å². The maximum absolute atomic E-state index is 13.9. The predicted octanol–water partition coefficient (Wildman–Crippen LogP) is 0.799. The zero-order valence-electron chi connectivity index (χ0n) is 11.6. The molecule has 1 heterocycles. The normalized spacial score (nSPS) is 9.86. The summed E-state index contributed by atoms with van der Waals surface area (Å²) in [5.74, 6) is 4.24. The Bertz CT molecular complexity index is 712. The number of amides is 1. The quantitative estimate of drug-likeness (QED) is 0.820. The van der Waals surface area contributed by atoms with Gasteiger partial charge in [-0.15, -0.1) is 0 Å². The average molecular weight is 286 g/mol. The van der Waals surface area contributed by atoms with E-state index in [9.17, 15) is 9.18 Å². The fraction of sp³-hybridized carbons (Fsp3) is 0.200. The minimum absolute atomic E-state index is 0.0239. The number of aryl methyl sites for hydroxylation is 1. The number of nitrogens with zero attached hydrogens (tertiary/aromatic N) is 2. The largest absolute Gasteiger partial charge is 0.346 e. The van der Waals surface area contributed by atoms with Crippen molar-refractivity contribution in [3.05, 3.63) is 53.1 Å². The maximum Gasteiger partial charge on any atom is 0.254 e. The second-order valence-corrected chi connectivity index (χ2v) is 4.36. The molecule has 0 aliphatic heterocycles. The van der Waals surface area contributed by atoms with Gasteiger partial charge in [0.25, 0.3) is 5.91 Å². The van der Waals surface area contributed by atoms with Crippen molar-refractivity contribution in [1.82, 2.24) is 15.1 Å². The van der Waals surface area contributed by atoms with Crippen molar-refractivity contribution in [2.24, 2.45) is 12.8 Å². The summed E-state index contributed by atoms with van der Waals surface area (Å²) in [7, 11) is 1.78. The molecule has 2 aromatic rings. The number of carbonyl (C=O) groups excluding carboxylic acids is 1. The number of aromatic nitrogens is 2. The molecule has 108 valence electrons. The van der Waals surface area contributed by atoms with Gasteiger partial charge in [0.15, 0.2) is 0 Å². The lowest BCUT2D eigenvalue weighted by molar-refractivity contribution is 0.0946. The Kier molecular flexibility index (Phi) is 4.69. The van der Waals surface area contributed by atoms with E-state index in [0.717, 1.165) is 0 Å². The van der Waals surface area contributed by atoms with Crippen molar-refractivity contribution in [3.8, 4) is 11.8 Å². The highest BCUT2D eigenvalue weighted by molar-refractivity contribution is 5.94. The third kappa shape index (κ3) is 3.91.